The molecule has 1 aromatic rings. The fourth-order valence-electron chi connectivity index (χ4n) is 2.11. The van der Waals surface area contributed by atoms with Crippen LogP contribution in [-0.2, 0) is 11.3 Å². The standard InChI is InChI=1S/C13H23N3O/c1-11(2)16-8-6-12(15-16)10-14-7-5-13-4-3-9-17-13/h6,8,11,13-14H,3-5,7,9-10H2,1-2H3. The lowest BCUT2D eigenvalue weighted by molar-refractivity contribution is 0.104. The molecule has 0 spiro atoms. The van der Waals surface area contributed by atoms with E-state index in [2.05, 4.69) is 30.3 Å². The summed E-state index contributed by atoms with van der Waals surface area (Å²) in [5.41, 5.74) is 1.12. The van der Waals surface area contributed by atoms with Crippen molar-refractivity contribution in [3.63, 3.8) is 0 Å². The van der Waals surface area contributed by atoms with Crippen LogP contribution < -0.4 is 5.32 Å². The minimum Gasteiger partial charge on any atom is -0.378 e. The van der Waals surface area contributed by atoms with E-state index in [0.29, 0.717) is 12.1 Å². The second-order valence-electron chi connectivity index (χ2n) is 4.98. The van der Waals surface area contributed by atoms with E-state index in [0.717, 1.165) is 31.8 Å². The van der Waals surface area contributed by atoms with Crippen molar-refractivity contribution >= 4 is 0 Å². The molecule has 96 valence electrons. The van der Waals surface area contributed by atoms with Gasteiger partial charge in [-0.05, 0) is 45.7 Å². The number of aromatic nitrogens is 2. The Morgan fingerprint density at radius 3 is 3.12 bits per heavy atom. The average molecular weight is 237 g/mol. The summed E-state index contributed by atoms with van der Waals surface area (Å²) in [6.45, 7) is 7.10. The minimum atomic E-state index is 0.440. The van der Waals surface area contributed by atoms with Gasteiger partial charge in [-0.2, -0.15) is 5.10 Å². The Balaban J connectivity index is 1.63. The molecule has 0 aromatic carbocycles. The first-order valence-corrected chi connectivity index (χ1v) is 6.62. The molecule has 1 saturated heterocycles. The monoisotopic (exact) mass is 237 g/mol. The smallest absolute Gasteiger partial charge is 0.0762 e. The molecule has 1 aliphatic heterocycles. The van der Waals surface area contributed by atoms with Crippen LogP contribution in [0.5, 0.6) is 0 Å². The van der Waals surface area contributed by atoms with E-state index < -0.39 is 0 Å². The highest BCUT2D eigenvalue weighted by Gasteiger charge is 2.14. The Kier molecular flexibility index (Phi) is 4.57. The molecule has 0 bridgehead atoms. The van der Waals surface area contributed by atoms with Crippen LogP contribution in [0, 0.1) is 0 Å². The molecule has 17 heavy (non-hydrogen) atoms. The van der Waals surface area contributed by atoms with E-state index in [1.54, 1.807) is 0 Å². The number of hydrogen-bond donors (Lipinski definition) is 1. The molecule has 4 nitrogen and oxygen atoms in total. The van der Waals surface area contributed by atoms with Crippen molar-refractivity contribution in [1.82, 2.24) is 15.1 Å². The Labute approximate surface area is 103 Å². The molecular formula is C13H23N3O. The summed E-state index contributed by atoms with van der Waals surface area (Å²) in [6.07, 6.45) is 6.09. The fraction of sp³-hybridized carbons (Fsp3) is 0.769. The Morgan fingerprint density at radius 1 is 1.59 bits per heavy atom. The normalized spacial score (nSPS) is 20.3. The second-order valence-corrected chi connectivity index (χ2v) is 4.98. The molecule has 0 amide bonds. The molecule has 2 rings (SSSR count). The predicted molar refractivity (Wildman–Crippen MR) is 67.9 cm³/mol. The lowest BCUT2D eigenvalue weighted by atomic mass is 10.2. The number of rotatable bonds is 6. The molecular weight excluding hydrogens is 214 g/mol. The van der Waals surface area contributed by atoms with Gasteiger partial charge in [-0.1, -0.05) is 0 Å². The van der Waals surface area contributed by atoms with Crippen LogP contribution in [0.25, 0.3) is 0 Å². The number of nitrogens with one attached hydrogen (secondary N) is 1. The molecule has 0 aliphatic carbocycles. The topological polar surface area (TPSA) is 39.1 Å². The second kappa shape index (κ2) is 6.17. The van der Waals surface area contributed by atoms with Gasteiger partial charge in [0.05, 0.1) is 11.8 Å². The van der Waals surface area contributed by atoms with Crippen molar-refractivity contribution in [2.24, 2.45) is 0 Å². The summed E-state index contributed by atoms with van der Waals surface area (Å²) < 4.78 is 7.58. The minimum absolute atomic E-state index is 0.440. The molecule has 2 heterocycles. The van der Waals surface area contributed by atoms with Crippen LogP contribution in [0.1, 0.15) is 44.8 Å². The van der Waals surface area contributed by atoms with E-state index in [-0.39, 0.29) is 0 Å². The van der Waals surface area contributed by atoms with Gasteiger partial charge in [0.15, 0.2) is 0 Å². The van der Waals surface area contributed by atoms with Crippen molar-refractivity contribution in [3.8, 4) is 0 Å². The maximum absolute atomic E-state index is 5.58. The zero-order valence-corrected chi connectivity index (χ0v) is 10.9. The van der Waals surface area contributed by atoms with Crippen molar-refractivity contribution in [2.45, 2.75) is 51.8 Å². The Morgan fingerprint density at radius 2 is 2.47 bits per heavy atom. The quantitative estimate of drug-likeness (QED) is 0.770. The molecule has 1 unspecified atom stereocenters. The van der Waals surface area contributed by atoms with Gasteiger partial charge in [-0.3, -0.25) is 4.68 Å². The van der Waals surface area contributed by atoms with Crippen molar-refractivity contribution in [3.05, 3.63) is 18.0 Å². The van der Waals surface area contributed by atoms with Crippen LogP contribution in [0.3, 0.4) is 0 Å². The maximum atomic E-state index is 5.58. The molecule has 1 N–H and O–H groups in total. The van der Waals surface area contributed by atoms with Crippen LogP contribution in [0.2, 0.25) is 0 Å². The molecule has 0 saturated carbocycles. The zero-order valence-electron chi connectivity index (χ0n) is 10.9. The van der Waals surface area contributed by atoms with Gasteiger partial charge in [-0.25, -0.2) is 0 Å². The van der Waals surface area contributed by atoms with Gasteiger partial charge in [0, 0.05) is 25.4 Å². The van der Waals surface area contributed by atoms with Crippen molar-refractivity contribution < 1.29 is 4.74 Å². The third kappa shape index (κ3) is 3.82. The highest BCUT2D eigenvalue weighted by Crippen LogP contribution is 2.14. The molecule has 4 heteroatoms. The number of nitrogens with zero attached hydrogens (tertiary/aromatic N) is 2. The zero-order chi connectivity index (χ0) is 12.1. The highest BCUT2D eigenvalue weighted by atomic mass is 16.5. The number of ether oxygens (including phenoxy) is 1. The molecule has 1 aromatic heterocycles. The third-order valence-corrected chi connectivity index (χ3v) is 3.17. The van der Waals surface area contributed by atoms with E-state index in [1.165, 1.54) is 12.8 Å². The van der Waals surface area contributed by atoms with Gasteiger partial charge in [0.2, 0.25) is 0 Å². The fourth-order valence-corrected chi connectivity index (χ4v) is 2.11. The largest absolute Gasteiger partial charge is 0.378 e. The van der Waals surface area contributed by atoms with E-state index in [9.17, 15) is 0 Å². The van der Waals surface area contributed by atoms with Gasteiger partial charge in [0.1, 0.15) is 0 Å². The van der Waals surface area contributed by atoms with E-state index in [1.807, 2.05) is 10.9 Å². The first-order chi connectivity index (χ1) is 8.25. The summed E-state index contributed by atoms with van der Waals surface area (Å²) in [6, 6.07) is 2.52. The summed E-state index contributed by atoms with van der Waals surface area (Å²) in [7, 11) is 0. The Hall–Kier alpha value is -0.870. The first kappa shape index (κ1) is 12.6. The summed E-state index contributed by atoms with van der Waals surface area (Å²) >= 11 is 0. The summed E-state index contributed by atoms with van der Waals surface area (Å²) in [5.74, 6) is 0. The van der Waals surface area contributed by atoms with Gasteiger partial charge in [0.25, 0.3) is 0 Å². The summed E-state index contributed by atoms with van der Waals surface area (Å²) in [4.78, 5) is 0. The van der Waals surface area contributed by atoms with Gasteiger partial charge >= 0.3 is 0 Å². The van der Waals surface area contributed by atoms with E-state index >= 15 is 0 Å². The third-order valence-electron chi connectivity index (χ3n) is 3.17. The van der Waals surface area contributed by atoms with Gasteiger partial charge < -0.3 is 10.1 Å². The van der Waals surface area contributed by atoms with E-state index in [4.69, 9.17) is 4.74 Å². The van der Waals surface area contributed by atoms with Crippen molar-refractivity contribution in [1.29, 1.82) is 0 Å². The van der Waals surface area contributed by atoms with Crippen LogP contribution in [-0.4, -0.2) is 29.0 Å². The van der Waals surface area contributed by atoms with Crippen LogP contribution in [0.15, 0.2) is 12.3 Å². The molecule has 1 atom stereocenters. The lowest BCUT2D eigenvalue weighted by Gasteiger charge is -2.09. The first-order valence-electron chi connectivity index (χ1n) is 6.62. The predicted octanol–water partition coefficient (Wildman–Crippen LogP) is 2.12. The van der Waals surface area contributed by atoms with Crippen LogP contribution in [0.4, 0.5) is 0 Å². The summed E-state index contributed by atoms with van der Waals surface area (Å²) in [5, 5.41) is 7.93. The lowest BCUT2D eigenvalue weighted by Crippen LogP contribution is -2.20. The molecule has 0 radical (unpaired) electrons. The van der Waals surface area contributed by atoms with Crippen LogP contribution >= 0.6 is 0 Å². The van der Waals surface area contributed by atoms with Crippen molar-refractivity contribution in [2.75, 3.05) is 13.2 Å². The Bertz CT molecular complexity index is 329. The maximum Gasteiger partial charge on any atom is 0.0762 e. The SMILES string of the molecule is CC(C)n1ccc(CNCCC2CCCO2)n1. The highest BCUT2D eigenvalue weighted by molar-refractivity contribution is 4.98. The number of hydrogen-bond acceptors (Lipinski definition) is 3. The average Bonchev–Trinajstić information content (AvgIpc) is 2.96. The molecule has 1 fully saturated rings. The van der Waals surface area contributed by atoms with Gasteiger partial charge in [-0.15, -0.1) is 0 Å². The molecule has 1 aliphatic rings.